The molecule has 2 aromatic rings. The number of piperidine rings is 1. The SMILES string of the molecule is COC(=O)C(NC1CCN(C(C)=O)CC1)c1ccc2ccccc2c1. The molecule has 1 saturated heterocycles. The number of fused-ring (bicyclic) bond motifs is 1. The largest absolute Gasteiger partial charge is 0.468 e. The molecule has 1 fully saturated rings. The number of amides is 1. The van der Waals surface area contributed by atoms with Gasteiger partial charge in [0.15, 0.2) is 0 Å². The van der Waals surface area contributed by atoms with Crippen LogP contribution in [0.2, 0.25) is 0 Å². The summed E-state index contributed by atoms with van der Waals surface area (Å²) < 4.78 is 5.01. The molecule has 0 aliphatic carbocycles. The van der Waals surface area contributed by atoms with Gasteiger partial charge in [-0.05, 0) is 35.2 Å². The fraction of sp³-hybridized carbons (Fsp3) is 0.400. The molecule has 0 spiro atoms. The first-order chi connectivity index (χ1) is 12.1. The van der Waals surface area contributed by atoms with Crippen molar-refractivity contribution in [3.63, 3.8) is 0 Å². The third-order valence-electron chi connectivity index (χ3n) is 4.89. The lowest BCUT2D eigenvalue weighted by Crippen LogP contribution is -2.46. The van der Waals surface area contributed by atoms with E-state index in [2.05, 4.69) is 11.4 Å². The van der Waals surface area contributed by atoms with E-state index in [0.29, 0.717) is 0 Å². The Labute approximate surface area is 148 Å². The maximum atomic E-state index is 12.3. The summed E-state index contributed by atoms with van der Waals surface area (Å²) in [6.45, 7) is 3.04. The van der Waals surface area contributed by atoms with E-state index in [1.807, 2.05) is 41.3 Å². The summed E-state index contributed by atoms with van der Waals surface area (Å²) in [7, 11) is 1.41. The van der Waals surface area contributed by atoms with Crippen LogP contribution in [0.5, 0.6) is 0 Å². The van der Waals surface area contributed by atoms with Gasteiger partial charge in [-0.2, -0.15) is 0 Å². The van der Waals surface area contributed by atoms with Crippen LogP contribution in [0, 0.1) is 0 Å². The minimum absolute atomic E-state index is 0.109. The quantitative estimate of drug-likeness (QED) is 0.870. The van der Waals surface area contributed by atoms with Crippen molar-refractivity contribution in [3.8, 4) is 0 Å². The van der Waals surface area contributed by atoms with Crippen molar-refractivity contribution in [2.24, 2.45) is 0 Å². The van der Waals surface area contributed by atoms with Gasteiger partial charge in [-0.1, -0.05) is 36.4 Å². The third-order valence-corrected chi connectivity index (χ3v) is 4.89. The predicted octanol–water partition coefficient (Wildman–Crippen LogP) is 2.65. The van der Waals surface area contributed by atoms with Crippen LogP contribution in [0.3, 0.4) is 0 Å². The van der Waals surface area contributed by atoms with Crippen molar-refractivity contribution in [2.45, 2.75) is 31.8 Å². The standard InChI is InChI=1S/C20H24N2O3/c1-14(23)22-11-9-18(10-12-22)21-19(20(24)25-2)17-8-7-15-5-3-4-6-16(15)13-17/h3-8,13,18-19,21H,9-12H2,1-2H3. The monoisotopic (exact) mass is 340 g/mol. The fourth-order valence-corrected chi connectivity index (χ4v) is 3.40. The van der Waals surface area contributed by atoms with Gasteiger partial charge in [-0.15, -0.1) is 0 Å². The Morgan fingerprint density at radius 1 is 1.12 bits per heavy atom. The molecule has 1 aliphatic heterocycles. The van der Waals surface area contributed by atoms with E-state index >= 15 is 0 Å². The molecular weight excluding hydrogens is 316 g/mol. The zero-order valence-electron chi connectivity index (χ0n) is 14.7. The average Bonchev–Trinajstić information content (AvgIpc) is 2.65. The molecule has 5 nitrogen and oxygen atoms in total. The van der Waals surface area contributed by atoms with Gasteiger partial charge >= 0.3 is 5.97 Å². The molecule has 0 radical (unpaired) electrons. The number of carbonyl (C=O) groups excluding carboxylic acids is 2. The Hall–Kier alpha value is -2.40. The smallest absolute Gasteiger partial charge is 0.327 e. The molecule has 1 amide bonds. The lowest BCUT2D eigenvalue weighted by molar-refractivity contribution is -0.144. The third kappa shape index (κ3) is 3.99. The molecule has 5 heteroatoms. The van der Waals surface area contributed by atoms with Gasteiger partial charge in [-0.25, -0.2) is 4.79 Å². The number of esters is 1. The number of nitrogens with one attached hydrogen (secondary N) is 1. The molecule has 0 saturated carbocycles. The van der Waals surface area contributed by atoms with E-state index in [1.165, 1.54) is 7.11 Å². The summed E-state index contributed by atoms with van der Waals surface area (Å²) in [5.41, 5.74) is 0.902. The van der Waals surface area contributed by atoms with Crippen LogP contribution in [0.15, 0.2) is 42.5 Å². The van der Waals surface area contributed by atoms with Gasteiger partial charge < -0.3 is 9.64 Å². The highest BCUT2D eigenvalue weighted by molar-refractivity contribution is 5.85. The highest BCUT2D eigenvalue weighted by Crippen LogP contribution is 2.23. The second kappa shape index (κ2) is 7.66. The molecule has 132 valence electrons. The van der Waals surface area contributed by atoms with Crippen LogP contribution >= 0.6 is 0 Å². The van der Waals surface area contributed by atoms with Gasteiger partial charge in [-0.3, -0.25) is 10.1 Å². The second-order valence-electron chi connectivity index (χ2n) is 6.51. The first kappa shape index (κ1) is 17.4. The summed E-state index contributed by atoms with van der Waals surface area (Å²) in [6.07, 6.45) is 1.67. The Morgan fingerprint density at radius 2 is 1.80 bits per heavy atom. The topological polar surface area (TPSA) is 58.6 Å². The van der Waals surface area contributed by atoms with Crippen LogP contribution in [0.1, 0.15) is 31.4 Å². The lowest BCUT2D eigenvalue weighted by Gasteiger charge is -2.33. The van der Waals surface area contributed by atoms with Crippen LogP contribution in [-0.2, 0) is 14.3 Å². The summed E-state index contributed by atoms with van der Waals surface area (Å²) in [5, 5.41) is 5.68. The minimum Gasteiger partial charge on any atom is -0.468 e. The maximum Gasteiger partial charge on any atom is 0.327 e. The van der Waals surface area contributed by atoms with Gasteiger partial charge in [0.2, 0.25) is 5.91 Å². The fourth-order valence-electron chi connectivity index (χ4n) is 3.40. The Kier molecular flexibility index (Phi) is 5.34. The van der Waals surface area contributed by atoms with Crippen molar-refractivity contribution in [2.75, 3.05) is 20.2 Å². The van der Waals surface area contributed by atoms with Crippen LogP contribution in [-0.4, -0.2) is 43.0 Å². The van der Waals surface area contributed by atoms with E-state index in [0.717, 1.165) is 42.3 Å². The molecule has 0 bridgehead atoms. The number of methoxy groups -OCH3 is 1. The number of hydrogen-bond acceptors (Lipinski definition) is 4. The molecule has 25 heavy (non-hydrogen) atoms. The maximum absolute atomic E-state index is 12.3. The molecule has 1 atom stereocenters. The number of carbonyl (C=O) groups is 2. The molecule has 3 rings (SSSR count). The zero-order valence-corrected chi connectivity index (χ0v) is 14.7. The van der Waals surface area contributed by atoms with Gasteiger partial charge in [0, 0.05) is 26.1 Å². The highest BCUT2D eigenvalue weighted by atomic mass is 16.5. The summed E-state index contributed by atoms with van der Waals surface area (Å²) in [5.74, 6) is -0.179. The Bertz CT molecular complexity index is 766. The van der Waals surface area contributed by atoms with E-state index < -0.39 is 6.04 Å². The van der Waals surface area contributed by atoms with Crippen LogP contribution < -0.4 is 5.32 Å². The van der Waals surface area contributed by atoms with Crippen molar-refractivity contribution < 1.29 is 14.3 Å². The van der Waals surface area contributed by atoms with Crippen molar-refractivity contribution in [1.29, 1.82) is 0 Å². The normalized spacial score (nSPS) is 16.6. The van der Waals surface area contributed by atoms with E-state index in [1.54, 1.807) is 6.92 Å². The number of nitrogens with zero attached hydrogens (tertiary/aromatic N) is 1. The predicted molar refractivity (Wildman–Crippen MR) is 97.1 cm³/mol. The van der Waals surface area contributed by atoms with Gasteiger partial charge in [0.1, 0.15) is 6.04 Å². The van der Waals surface area contributed by atoms with Crippen molar-refractivity contribution >= 4 is 22.6 Å². The van der Waals surface area contributed by atoms with Crippen molar-refractivity contribution in [3.05, 3.63) is 48.0 Å². The molecular formula is C20H24N2O3. The first-order valence-corrected chi connectivity index (χ1v) is 8.66. The lowest BCUT2D eigenvalue weighted by atomic mass is 9.98. The van der Waals surface area contributed by atoms with E-state index in [9.17, 15) is 9.59 Å². The number of ether oxygens (including phenoxy) is 1. The van der Waals surface area contributed by atoms with E-state index in [-0.39, 0.29) is 17.9 Å². The second-order valence-corrected chi connectivity index (χ2v) is 6.51. The Balaban J connectivity index is 1.77. The van der Waals surface area contributed by atoms with Gasteiger partial charge in [0.25, 0.3) is 0 Å². The number of hydrogen-bond donors (Lipinski definition) is 1. The van der Waals surface area contributed by atoms with Crippen LogP contribution in [0.25, 0.3) is 10.8 Å². The number of benzene rings is 2. The highest BCUT2D eigenvalue weighted by Gasteiger charge is 2.28. The molecule has 1 unspecified atom stereocenters. The number of likely N-dealkylation sites (tertiary alicyclic amines) is 1. The molecule has 1 aliphatic rings. The zero-order chi connectivity index (χ0) is 17.8. The molecule has 1 N–H and O–H groups in total. The van der Waals surface area contributed by atoms with Crippen LogP contribution in [0.4, 0.5) is 0 Å². The molecule has 0 aromatic heterocycles. The summed E-state index contributed by atoms with van der Waals surface area (Å²) in [4.78, 5) is 25.7. The van der Waals surface area contributed by atoms with Crippen molar-refractivity contribution in [1.82, 2.24) is 10.2 Å². The summed E-state index contributed by atoms with van der Waals surface area (Å²) in [6, 6.07) is 13.8. The Morgan fingerprint density at radius 3 is 2.44 bits per heavy atom. The molecule has 2 aromatic carbocycles. The summed E-state index contributed by atoms with van der Waals surface area (Å²) >= 11 is 0. The van der Waals surface area contributed by atoms with Gasteiger partial charge in [0.05, 0.1) is 7.11 Å². The first-order valence-electron chi connectivity index (χ1n) is 8.66. The minimum atomic E-state index is -0.497. The molecule has 1 heterocycles. The average molecular weight is 340 g/mol. The number of rotatable bonds is 4. The van der Waals surface area contributed by atoms with E-state index in [4.69, 9.17) is 4.74 Å².